The van der Waals surface area contributed by atoms with Gasteiger partial charge >= 0.3 is 6.09 Å². The normalized spacial score (nSPS) is 16.4. The molecule has 0 bridgehead atoms. The van der Waals surface area contributed by atoms with Gasteiger partial charge in [0, 0.05) is 39.0 Å². The fourth-order valence-electron chi connectivity index (χ4n) is 5.44. The van der Waals surface area contributed by atoms with E-state index in [-0.39, 0.29) is 30.1 Å². The van der Waals surface area contributed by atoms with E-state index in [9.17, 15) is 14.9 Å². The van der Waals surface area contributed by atoms with E-state index in [1.165, 1.54) is 17.6 Å². The topological polar surface area (TPSA) is 120 Å². The summed E-state index contributed by atoms with van der Waals surface area (Å²) < 4.78 is 11.4. The molecule has 1 aliphatic heterocycles. The number of imidazole rings is 1. The zero-order valence-corrected chi connectivity index (χ0v) is 27.6. The minimum absolute atomic E-state index is 0.0995. The van der Waals surface area contributed by atoms with Crippen molar-refractivity contribution in [3.8, 4) is 6.07 Å². The molecule has 1 aromatic carbocycles. The van der Waals surface area contributed by atoms with Crippen molar-refractivity contribution in [2.75, 3.05) is 25.0 Å². The predicted molar refractivity (Wildman–Crippen MR) is 172 cm³/mol. The van der Waals surface area contributed by atoms with E-state index in [2.05, 4.69) is 59.2 Å². The van der Waals surface area contributed by atoms with E-state index in [1.54, 1.807) is 4.90 Å². The Bertz CT molecular complexity index is 1370. The molecule has 9 nitrogen and oxygen atoms in total. The Morgan fingerprint density at radius 1 is 1.19 bits per heavy atom. The predicted octanol–water partition coefficient (Wildman–Crippen LogP) is 7.46. The molecule has 1 aromatic heterocycles. The van der Waals surface area contributed by atoms with Gasteiger partial charge in [0.2, 0.25) is 0 Å². The van der Waals surface area contributed by atoms with Crippen LogP contribution in [-0.2, 0) is 16.1 Å². The second-order valence-corrected chi connectivity index (χ2v) is 19.5. The number of aromatic amines is 1. The summed E-state index contributed by atoms with van der Waals surface area (Å²) in [4.78, 5) is 35.0. The van der Waals surface area contributed by atoms with Gasteiger partial charge in [0.1, 0.15) is 11.7 Å². The highest BCUT2D eigenvalue weighted by molar-refractivity contribution is 6.76. The van der Waals surface area contributed by atoms with E-state index < -0.39 is 13.7 Å². The Labute approximate surface area is 257 Å². The number of amides is 2. The summed E-state index contributed by atoms with van der Waals surface area (Å²) in [5, 5.41) is 12.7. The third-order valence-corrected chi connectivity index (χ3v) is 9.59. The maximum Gasteiger partial charge on any atom is 0.410 e. The third-order valence-electron chi connectivity index (χ3n) is 7.89. The molecule has 0 spiro atoms. The molecule has 2 heterocycles. The fourth-order valence-corrected chi connectivity index (χ4v) is 6.20. The molecule has 1 saturated heterocycles. The summed E-state index contributed by atoms with van der Waals surface area (Å²) >= 11 is 0. The first kappa shape index (κ1) is 32.5. The van der Waals surface area contributed by atoms with Crippen molar-refractivity contribution in [3.63, 3.8) is 0 Å². The molecule has 10 heteroatoms. The molecule has 2 aromatic rings. The van der Waals surface area contributed by atoms with Crippen LogP contribution in [0.2, 0.25) is 25.7 Å². The summed E-state index contributed by atoms with van der Waals surface area (Å²) in [6, 6.07) is 9.38. The average Bonchev–Trinajstić information content (AvgIpc) is 3.38. The average molecular weight is 606 g/mol. The van der Waals surface area contributed by atoms with Crippen LogP contribution in [0.3, 0.4) is 0 Å². The van der Waals surface area contributed by atoms with Gasteiger partial charge in [0.05, 0.1) is 12.3 Å². The molecular weight excluding hydrogens is 558 g/mol. The van der Waals surface area contributed by atoms with Crippen molar-refractivity contribution in [2.24, 2.45) is 0 Å². The van der Waals surface area contributed by atoms with Gasteiger partial charge in [-0.3, -0.25) is 4.79 Å². The van der Waals surface area contributed by atoms with Gasteiger partial charge < -0.3 is 24.7 Å². The molecule has 2 aliphatic rings. The first-order valence-corrected chi connectivity index (χ1v) is 19.2. The van der Waals surface area contributed by atoms with Crippen LogP contribution in [0.4, 0.5) is 10.5 Å². The van der Waals surface area contributed by atoms with Crippen LogP contribution < -0.4 is 5.32 Å². The fraction of sp³-hybridized carbons (Fsp3) is 0.576. The number of carbonyl (C=O) groups is 2. The molecule has 1 fully saturated rings. The Kier molecular flexibility index (Phi) is 10.5. The summed E-state index contributed by atoms with van der Waals surface area (Å²) in [5.74, 6) is 0.0292. The Balaban J connectivity index is 1.48. The molecule has 0 saturated carbocycles. The lowest BCUT2D eigenvalue weighted by Crippen LogP contribution is -2.41. The lowest BCUT2D eigenvalue weighted by molar-refractivity contribution is 0.0204. The molecule has 0 unspecified atom stereocenters. The van der Waals surface area contributed by atoms with Crippen molar-refractivity contribution in [3.05, 3.63) is 52.6 Å². The van der Waals surface area contributed by atoms with Gasteiger partial charge in [-0.15, -0.1) is 0 Å². The number of carbonyl (C=O) groups excluding carboxylic acids is 2. The molecule has 0 atom stereocenters. The molecule has 2 amide bonds. The number of nitrogens with zero attached hydrogens (tertiary/aromatic N) is 3. The van der Waals surface area contributed by atoms with Crippen molar-refractivity contribution >= 4 is 31.3 Å². The molecule has 43 heavy (non-hydrogen) atoms. The number of H-pyrrole nitrogens is 1. The van der Waals surface area contributed by atoms with Gasteiger partial charge in [-0.05, 0) is 94.5 Å². The number of likely N-dealkylation sites (tertiary alicyclic amines) is 1. The van der Waals surface area contributed by atoms with Crippen molar-refractivity contribution in [2.45, 2.75) is 103 Å². The third kappa shape index (κ3) is 9.28. The minimum atomic E-state index is -1.23. The number of hydrogen-bond acceptors (Lipinski definition) is 6. The molecular formula is C33H47N5O4Si. The lowest BCUT2D eigenvalue weighted by atomic mass is 9.85. The van der Waals surface area contributed by atoms with Gasteiger partial charge in [0.25, 0.3) is 5.91 Å². The number of benzene rings is 1. The zero-order chi connectivity index (χ0) is 31.2. The highest BCUT2D eigenvalue weighted by Gasteiger charge is 2.28. The maximum atomic E-state index is 13.4. The number of ether oxygens (including phenoxy) is 2. The standard InChI is InChI=1S/C33H47N5O4Si/c1-33(2,3)42-32(40)38-16-14-23(15-17-38)25-12-13-27(26(20-25)24-10-8-7-9-11-24)37-31(39)30-35-28(21-34)29(36-30)22-41-18-19-43(4,5)6/h10,12-13,20,23H,7-9,11,14-19,22H2,1-6H3,(H,35,36)(H,37,39). The maximum absolute atomic E-state index is 13.4. The van der Waals surface area contributed by atoms with Gasteiger partial charge in [-0.1, -0.05) is 31.8 Å². The van der Waals surface area contributed by atoms with E-state index >= 15 is 0 Å². The van der Waals surface area contributed by atoms with Crippen LogP contribution in [-0.4, -0.2) is 60.2 Å². The van der Waals surface area contributed by atoms with Crippen molar-refractivity contribution in [1.29, 1.82) is 5.26 Å². The summed E-state index contributed by atoms with van der Waals surface area (Å²) in [6.07, 6.45) is 8.00. The van der Waals surface area contributed by atoms with Crippen LogP contribution in [0.5, 0.6) is 0 Å². The molecule has 4 rings (SSSR count). The Hall–Kier alpha value is -3.42. The Morgan fingerprint density at radius 3 is 2.56 bits per heavy atom. The monoisotopic (exact) mass is 605 g/mol. The van der Waals surface area contributed by atoms with Crippen molar-refractivity contribution < 1.29 is 19.1 Å². The minimum Gasteiger partial charge on any atom is -0.444 e. The lowest BCUT2D eigenvalue weighted by Gasteiger charge is -2.34. The van der Waals surface area contributed by atoms with Crippen LogP contribution >= 0.6 is 0 Å². The quantitative estimate of drug-likeness (QED) is 0.226. The van der Waals surface area contributed by atoms with Crippen LogP contribution in [0.1, 0.15) is 98.3 Å². The van der Waals surface area contributed by atoms with Crippen molar-refractivity contribution in [1.82, 2.24) is 14.9 Å². The van der Waals surface area contributed by atoms with E-state index in [1.807, 2.05) is 26.8 Å². The van der Waals surface area contributed by atoms with Gasteiger partial charge in [0.15, 0.2) is 11.5 Å². The summed E-state index contributed by atoms with van der Waals surface area (Å²) in [5.41, 5.74) is 4.41. The largest absolute Gasteiger partial charge is 0.444 e. The number of allylic oxidation sites excluding steroid dienone is 2. The molecule has 232 valence electrons. The molecule has 2 N–H and O–H groups in total. The number of rotatable bonds is 9. The number of piperidine rings is 1. The second kappa shape index (κ2) is 13.9. The van der Waals surface area contributed by atoms with E-state index in [0.29, 0.717) is 31.3 Å². The zero-order valence-electron chi connectivity index (χ0n) is 26.6. The summed E-state index contributed by atoms with van der Waals surface area (Å²) in [6.45, 7) is 14.7. The van der Waals surface area contributed by atoms with Gasteiger partial charge in [-0.2, -0.15) is 5.26 Å². The number of hydrogen-bond donors (Lipinski definition) is 2. The SMILES string of the molecule is CC(C)(C)OC(=O)N1CCC(c2ccc(NC(=O)c3nc(C#N)c(COCC[Si](C)(C)C)[nH]3)c(C3=CCCCC3)c2)CC1. The summed E-state index contributed by atoms with van der Waals surface area (Å²) in [7, 11) is -1.23. The highest BCUT2D eigenvalue weighted by atomic mass is 28.3. The van der Waals surface area contributed by atoms with E-state index in [4.69, 9.17) is 9.47 Å². The number of nitriles is 1. The molecule has 0 radical (unpaired) electrons. The number of aromatic nitrogens is 2. The van der Waals surface area contributed by atoms with Gasteiger partial charge in [-0.25, -0.2) is 9.78 Å². The van der Waals surface area contributed by atoms with Crippen LogP contribution in [0.15, 0.2) is 24.3 Å². The number of anilines is 1. The smallest absolute Gasteiger partial charge is 0.410 e. The van der Waals surface area contributed by atoms with E-state index in [0.717, 1.165) is 49.4 Å². The van der Waals surface area contributed by atoms with Crippen LogP contribution in [0, 0.1) is 11.3 Å². The molecule has 1 aliphatic carbocycles. The first-order chi connectivity index (χ1) is 20.3. The number of nitrogens with one attached hydrogen (secondary N) is 2. The van der Waals surface area contributed by atoms with Crippen LogP contribution in [0.25, 0.3) is 5.57 Å². The highest BCUT2D eigenvalue weighted by Crippen LogP contribution is 2.37. The first-order valence-electron chi connectivity index (χ1n) is 15.5. The second-order valence-electron chi connectivity index (χ2n) is 13.9. The Morgan fingerprint density at radius 2 is 1.93 bits per heavy atom.